The van der Waals surface area contributed by atoms with Gasteiger partial charge in [-0.05, 0) is 61.1 Å². The topological polar surface area (TPSA) is 9.23 Å². The molecule has 0 amide bonds. The number of fused-ring (bicyclic) bond motifs is 2. The second kappa shape index (κ2) is 7.81. The zero-order valence-electron chi connectivity index (χ0n) is 16.6. The maximum absolute atomic E-state index is 15.3. The summed E-state index contributed by atoms with van der Waals surface area (Å²) in [6.07, 6.45) is 6.88. The Balaban J connectivity index is 1.66. The number of rotatable bonds is 4. The van der Waals surface area contributed by atoms with E-state index in [0.29, 0.717) is 35.1 Å². The third kappa shape index (κ3) is 3.31. The van der Waals surface area contributed by atoms with Crippen molar-refractivity contribution < 1.29 is 17.9 Å². The van der Waals surface area contributed by atoms with Crippen molar-refractivity contribution in [2.75, 3.05) is 0 Å². The van der Waals surface area contributed by atoms with Crippen LogP contribution in [-0.4, -0.2) is 0 Å². The molecule has 1 aliphatic heterocycles. The zero-order valence-corrected chi connectivity index (χ0v) is 16.6. The Morgan fingerprint density at radius 1 is 0.893 bits per heavy atom. The van der Waals surface area contributed by atoms with Crippen LogP contribution in [0.5, 0.6) is 11.5 Å². The minimum atomic E-state index is -1.00. The highest BCUT2D eigenvalue weighted by atomic mass is 19.2. The highest BCUT2D eigenvalue weighted by Gasteiger charge is 2.30. The van der Waals surface area contributed by atoms with E-state index in [1.165, 1.54) is 6.42 Å². The molecule has 2 aromatic carbocycles. The van der Waals surface area contributed by atoms with E-state index in [0.717, 1.165) is 38.0 Å². The van der Waals surface area contributed by atoms with Gasteiger partial charge in [-0.3, -0.25) is 0 Å². The molecule has 1 saturated carbocycles. The summed E-state index contributed by atoms with van der Waals surface area (Å²) in [5.74, 6) is -1.46. The number of hydrogen-bond acceptors (Lipinski definition) is 1. The first kappa shape index (κ1) is 19.4. The summed E-state index contributed by atoms with van der Waals surface area (Å²) in [4.78, 5) is 0. The maximum Gasteiger partial charge on any atom is 0.201 e. The van der Waals surface area contributed by atoms with Gasteiger partial charge in [0.1, 0.15) is 0 Å². The summed E-state index contributed by atoms with van der Waals surface area (Å²) < 4.78 is 49.9. The molecule has 0 bridgehead atoms. The molecule has 28 heavy (non-hydrogen) atoms. The third-order valence-electron chi connectivity index (χ3n) is 6.49. The van der Waals surface area contributed by atoms with E-state index >= 15 is 4.39 Å². The van der Waals surface area contributed by atoms with Gasteiger partial charge >= 0.3 is 0 Å². The quantitative estimate of drug-likeness (QED) is 0.451. The average molecular weight is 388 g/mol. The van der Waals surface area contributed by atoms with E-state index in [4.69, 9.17) is 4.74 Å². The highest BCUT2D eigenvalue weighted by Crippen LogP contribution is 2.45. The molecule has 0 radical (unpaired) electrons. The van der Waals surface area contributed by atoms with Crippen LogP contribution in [0.1, 0.15) is 80.5 Å². The fourth-order valence-corrected chi connectivity index (χ4v) is 4.78. The summed E-state index contributed by atoms with van der Waals surface area (Å²) in [5, 5.41) is 0. The van der Waals surface area contributed by atoms with Gasteiger partial charge in [0.2, 0.25) is 5.82 Å². The van der Waals surface area contributed by atoms with Crippen LogP contribution in [0.4, 0.5) is 13.2 Å². The third-order valence-corrected chi connectivity index (χ3v) is 6.49. The van der Waals surface area contributed by atoms with Gasteiger partial charge in [0.15, 0.2) is 23.1 Å². The molecule has 0 N–H and O–H groups in total. The molecular weight excluding hydrogens is 361 g/mol. The minimum Gasteiger partial charge on any atom is -0.450 e. The number of aryl methyl sites for hydroxylation is 1. The van der Waals surface area contributed by atoms with E-state index < -0.39 is 17.5 Å². The Hall–Kier alpha value is -1.97. The predicted octanol–water partition coefficient (Wildman–Crippen LogP) is 7.44. The molecule has 4 rings (SSSR count). The molecule has 1 heterocycles. The van der Waals surface area contributed by atoms with Gasteiger partial charge in [-0.2, -0.15) is 4.39 Å². The van der Waals surface area contributed by atoms with Crippen molar-refractivity contribution in [2.24, 2.45) is 5.92 Å². The molecule has 0 atom stereocenters. The summed E-state index contributed by atoms with van der Waals surface area (Å²) in [7, 11) is 0. The second-order valence-electron chi connectivity index (χ2n) is 8.26. The lowest BCUT2D eigenvalue weighted by Crippen LogP contribution is -2.15. The maximum atomic E-state index is 15.3. The van der Waals surface area contributed by atoms with Crippen LogP contribution in [0, 0.1) is 23.4 Å². The summed E-state index contributed by atoms with van der Waals surface area (Å²) in [5.41, 5.74) is 2.30. The smallest absolute Gasteiger partial charge is 0.201 e. The van der Waals surface area contributed by atoms with Crippen molar-refractivity contribution in [3.8, 4) is 11.5 Å². The Kier molecular flexibility index (Phi) is 5.39. The molecule has 1 nitrogen and oxygen atoms in total. The van der Waals surface area contributed by atoms with Gasteiger partial charge in [-0.15, -0.1) is 0 Å². The standard InChI is InChI=1S/C24H27F3O/c1-3-5-16-12-18-13-17-10-11-19(15-8-6-14(4-2)7-9-15)21(26)23(17)28-24(18)22(27)20(16)25/h10-12,14-15H,3-9,13H2,1-2H3. The highest BCUT2D eigenvalue weighted by molar-refractivity contribution is 5.54. The van der Waals surface area contributed by atoms with Crippen LogP contribution >= 0.6 is 0 Å². The molecule has 0 saturated heterocycles. The first-order valence-electron chi connectivity index (χ1n) is 10.5. The Morgan fingerprint density at radius 3 is 2.29 bits per heavy atom. The first-order valence-corrected chi connectivity index (χ1v) is 10.5. The molecule has 0 unspecified atom stereocenters. The summed E-state index contributed by atoms with van der Waals surface area (Å²) in [6, 6.07) is 5.42. The fourth-order valence-electron chi connectivity index (χ4n) is 4.78. The number of halogens is 3. The van der Waals surface area contributed by atoms with Crippen LogP contribution in [0.25, 0.3) is 0 Å². The molecule has 150 valence electrons. The van der Waals surface area contributed by atoms with Crippen LogP contribution in [0.2, 0.25) is 0 Å². The molecule has 1 aliphatic carbocycles. The Labute approximate surface area is 164 Å². The van der Waals surface area contributed by atoms with Gasteiger partial charge in [-0.1, -0.05) is 38.8 Å². The van der Waals surface area contributed by atoms with Crippen LogP contribution in [0.15, 0.2) is 18.2 Å². The van der Waals surface area contributed by atoms with Crippen molar-refractivity contribution in [2.45, 2.75) is 71.1 Å². The van der Waals surface area contributed by atoms with Gasteiger partial charge in [0, 0.05) is 17.5 Å². The average Bonchev–Trinajstić information content (AvgIpc) is 2.72. The van der Waals surface area contributed by atoms with Crippen molar-refractivity contribution in [1.82, 2.24) is 0 Å². The molecular formula is C24H27F3O. The van der Waals surface area contributed by atoms with Crippen LogP contribution in [-0.2, 0) is 12.8 Å². The SMILES string of the molecule is CCCc1cc2c(c(F)c1F)Oc1c(ccc(C3CCC(CC)CC3)c1F)C2. The van der Waals surface area contributed by atoms with Crippen molar-refractivity contribution in [3.05, 3.63) is 57.9 Å². The molecule has 2 aromatic rings. The van der Waals surface area contributed by atoms with Crippen molar-refractivity contribution in [3.63, 3.8) is 0 Å². The van der Waals surface area contributed by atoms with E-state index in [2.05, 4.69) is 6.92 Å². The molecule has 0 aromatic heterocycles. The number of ether oxygens (including phenoxy) is 1. The van der Waals surface area contributed by atoms with E-state index in [9.17, 15) is 8.78 Å². The Morgan fingerprint density at radius 2 is 1.61 bits per heavy atom. The lowest BCUT2D eigenvalue weighted by Gasteiger charge is -2.30. The first-order chi connectivity index (χ1) is 13.5. The van der Waals surface area contributed by atoms with Gasteiger partial charge < -0.3 is 4.74 Å². The Bertz CT molecular complexity index is 882. The van der Waals surface area contributed by atoms with Crippen LogP contribution < -0.4 is 4.74 Å². The minimum absolute atomic E-state index is 0.0733. The number of hydrogen-bond donors (Lipinski definition) is 0. The fraction of sp³-hybridized carbons (Fsp3) is 0.500. The summed E-state index contributed by atoms with van der Waals surface area (Å²) in [6.45, 7) is 4.13. The van der Waals surface area contributed by atoms with E-state index in [-0.39, 0.29) is 17.4 Å². The normalized spacial score (nSPS) is 21.0. The van der Waals surface area contributed by atoms with Crippen molar-refractivity contribution >= 4 is 0 Å². The van der Waals surface area contributed by atoms with Crippen molar-refractivity contribution in [1.29, 1.82) is 0 Å². The van der Waals surface area contributed by atoms with Gasteiger partial charge in [0.05, 0.1) is 0 Å². The molecule has 4 heteroatoms. The monoisotopic (exact) mass is 388 g/mol. The van der Waals surface area contributed by atoms with Gasteiger partial charge in [-0.25, -0.2) is 8.78 Å². The zero-order chi connectivity index (χ0) is 19.8. The lowest BCUT2D eigenvalue weighted by atomic mass is 9.77. The largest absolute Gasteiger partial charge is 0.450 e. The lowest BCUT2D eigenvalue weighted by molar-refractivity contribution is 0.311. The van der Waals surface area contributed by atoms with E-state index in [1.54, 1.807) is 6.07 Å². The molecule has 0 spiro atoms. The molecule has 1 fully saturated rings. The van der Waals surface area contributed by atoms with Crippen LogP contribution in [0.3, 0.4) is 0 Å². The van der Waals surface area contributed by atoms with Gasteiger partial charge in [0.25, 0.3) is 0 Å². The van der Waals surface area contributed by atoms with E-state index in [1.807, 2.05) is 19.1 Å². The predicted molar refractivity (Wildman–Crippen MR) is 105 cm³/mol. The second-order valence-corrected chi connectivity index (χ2v) is 8.26. The number of benzene rings is 2. The summed E-state index contributed by atoms with van der Waals surface area (Å²) >= 11 is 0. The molecule has 2 aliphatic rings.